The molecule has 37 heavy (non-hydrogen) atoms. The van der Waals surface area contributed by atoms with Gasteiger partial charge in [0.2, 0.25) is 11.8 Å². The number of fused-ring (bicyclic) bond motifs is 3. The van der Waals surface area contributed by atoms with E-state index in [0.717, 1.165) is 60.8 Å². The van der Waals surface area contributed by atoms with E-state index in [9.17, 15) is 19.7 Å². The summed E-state index contributed by atoms with van der Waals surface area (Å²) in [5, 5.41) is 20.3. The Kier molecular flexibility index (Phi) is 7.89. The van der Waals surface area contributed by atoms with Crippen LogP contribution in [-0.2, 0) is 19.0 Å². The summed E-state index contributed by atoms with van der Waals surface area (Å²) in [6.45, 7) is 2.46. The molecule has 2 saturated heterocycles. The molecule has 0 aromatic heterocycles. The number of hydrogen-bond acceptors (Lipinski definition) is 6. The van der Waals surface area contributed by atoms with Crippen LogP contribution in [0.4, 0.5) is 0 Å². The lowest BCUT2D eigenvalue weighted by Gasteiger charge is -2.43. The molecule has 0 spiro atoms. The molecular formula is C29H38BNO6. The lowest BCUT2D eigenvalue weighted by atomic mass is 9.58. The van der Waals surface area contributed by atoms with E-state index < -0.39 is 13.0 Å². The Morgan fingerprint density at radius 2 is 1.86 bits per heavy atom. The molecule has 0 radical (unpaired) electrons. The molecule has 2 amide bonds. The number of carbonyl (C=O) groups is 2. The van der Waals surface area contributed by atoms with E-state index in [1.54, 1.807) is 24.1 Å². The lowest BCUT2D eigenvalue weighted by molar-refractivity contribution is -0.143. The van der Waals surface area contributed by atoms with Gasteiger partial charge in [-0.3, -0.25) is 14.5 Å². The predicted octanol–water partition coefficient (Wildman–Crippen LogP) is 4.35. The van der Waals surface area contributed by atoms with Crippen LogP contribution in [0.25, 0.3) is 6.08 Å². The van der Waals surface area contributed by atoms with Gasteiger partial charge in [0, 0.05) is 13.2 Å². The SMILES string of the molecule is COCC1=C2[C@@H](CC/C(C)=C/c3ccc(O)cc3)OB(O)C[C@@H]2[C@@H]2C(=O)N(C3CCCCC3)C(=O)[C@@H]2C1. The van der Waals surface area contributed by atoms with E-state index in [2.05, 4.69) is 13.0 Å². The first-order chi connectivity index (χ1) is 17.9. The van der Waals surface area contributed by atoms with Gasteiger partial charge < -0.3 is 19.5 Å². The zero-order chi connectivity index (χ0) is 26.1. The van der Waals surface area contributed by atoms with Crippen molar-refractivity contribution >= 4 is 25.0 Å². The number of benzene rings is 1. The fourth-order valence-electron chi connectivity index (χ4n) is 7.08. The highest BCUT2D eigenvalue weighted by atomic mass is 16.5. The minimum Gasteiger partial charge on any atom is -0.508 e. The quantitative estimate of drug-likeness (QED) is 0.324. The first-order valence-corrected chi connectivity index (χ1v) is 13.7. The maximum absolute atomic E-state index is 13.8. The van der Waals surface area contributed by atoms with Crippen LogP contribution in [0.5, 0.6) is 5.75 Å². The molecule has 2 N–H and O–H groups in total. The fourth-order valence-corrected chi connectivity index (χ4v) is 7.08. The predicted molar refractivity (Wildman–Crippen MR) is 141 cm³/mol. The largest absolute Gasteiger partial charge is 0.508 e. The summed E-state index contributed by atoms with van der Waals surface area (Å²) in [5.41, 5.74) is 4.29. The number of hydrogen-bond donors (Lipinski definition) is 2. The Morgan fingerprint density at radius 1 is 1.14 bits per heavy atom. The lowest BCUT2D eigenvalue weighted by Crippen LogP contribution is -2.47. The molecule has 1 aromatic carbocycles. The summed E-state index contributed by atoms with van der Waals surface area (Å²) in [6.07, 6.45) is 9.12. The van der Waals surface area contributed by atoms with Gasteiger partial charge in [-0.25, -0.2) is 0 Å². The summed E-state index contributed by atoms with van der Waals surface area (Å²) >= 11 is 0. The molecule has 2 heterocycles. The second kappa shape index (κ2) is 11.1. The number of carbonyl (C=O) groups excluding carboxylic acids is 2. The van der Waals surface area contributed by atoms with Crippen molar-refractivity contribution in [2.24, 2.45) is 17.8 Å². The minimum absolute atomic E-state index is 0.0157. The van der Waals surface area contributed by atoms with E-state index in [4.69, 9.17) is 9.39 Å². The van der Waals surface area contributed by atoms with E-state index in [-0.39, 0.29) is 41.5 Å². The van der Waals surface area contributed by atoms with Crippen LogP contribution in [0.3, 0.4) is 0 Å². The number of phenolic OH excluding ortho intramolecular Hbond substituents is 1. The highest BCUT2D eigenvalue weighted by Crippen LogP contribution is 2.51. The Balaban J connectivity index is 1.39. The Morgan fingerprint density at radius 3 is 2.57 bits per heavy atom. The topological polar surface area (TPSA) is 96.3 Å². The first kappa shape index (κ1) is 26.2. The molecule has 1 saturated carbocycles. The number of nitrogens with zero attached hydrogens (tertiary/aromatic N) is 1. The smallest absolute Gasteiger partial charge is 0.455 e. The molecular weight excluding hydrogens is 469 g/mol. The molecule has 8 heteroatoms. The van der Waals surface area contributed by atoms with Crippen molar-refractivity contribution in [2.75, 3.05) is 13.7 Å². The van der Waals surface area contributed by atoms with Crippen LogP contribution >= 0.6 is 0 Å². The molecule has 0 unspecified atom stereocenters. The van der Waals surface area contributed by atoms with Gasteiger partial charge in [0.1, 0.15) is 5.75 Å². The van der Waals surface area contributed by atoms with Gasteiger partial charge in [-0.2, -0.15) is 0 Å². The number of likely N-dealkylation sites (tertiary alicyclic amines) is 1. The third-order valence-corrected chi connectivity index (χ3v) is 8.71. The molecule has 7 nitrogen and oxygen atoms in total. The van der Waals surface area contributed by atoms with Crippen molar-refractivity contribution in [1.29, 1.82) is 0 Å². The molecule has 198 valence electrons. The Labute approximate surface area is 219 Å². The molecule has 0 bridgehead atoms. The normalized spacial score (nSPS) is 29.1. The number of methoxy groups -OCH3 is 1. The number of allylic oxidation sites excluding steroid dienone is 1. The number of rotatable bonds is 7. The van der Waals surface area contributed by atoms with Gasteiger partial charge in [0.15, 0.2) is 0 Å². The summed E-state index contributed by atoms with van der Waals surface area (Å²) < 4.78 is 11.6. The van der Waals surface area contributed by atoms with Crippen molar-refractivity contribution in [3.05, 3.63) is 46.5 Å². The van der Waals surface area contributed by atoms with Gasteiger partial charge in [-0.05, 0) is 80.1 Å². The zero-order valence-corrected chi connectivity index (χ0v) is 21.9. The maximum Gasteiger partial charge on any atom is 0.455 e. The van der Waals surface area contributed by atoms with Crippen LogP contribution in [0.2, 0.25) is 6.32 Å². The van der Waals surface area contributed by atoms with E-state index in [0.29, 0.717) is 25.8 Å². The molecule has 1 aromatic rings. The Hall–Kier alpha value is -2.42. The average molecular weight is 507 g/mol. The van der Waals surface area contributed by atoms with E-state index >= 15 is 0 Å². The van der Waals surface area contributed by atoms with Crippen molar-refractivity contribution in [3.8, 4) is 5.75 Å². The molecule has 3 fully saturated rings. The van der Waals surface area contributed by atoms with Crippen LogP contribution in [0.15, 0.2) is 41.0 Å². The van der Waals surface area contributed by atoms with Gasteiger partial charge in [-0.1, -0.05) is 43.0 Å². The van der Waals surface area contributed by atoms with Crippen molar-refractivity contribution in [2.45, 2.75) is 76.8 Å². The van der Waals surface area contributed by atoms with Crippen molar-refractivity contribution < 1.29 is 29.1 Å². The standard InChI is InChI=1S/C29H38BNO6/c1-18(14-19-9-11-22(32)12-10-19)8-13-25-26-20(17-36-2)15-23-27(24(26)16-30(35)37-25)29(34)31(28(23)33)21-6-4-3-5-7-21/h9-12,14,21,23-25,27,32,35H,3-8,13,15-17H2,1-2H3/b18-14+/t23-,24+,25-,27-/m1/s1. The Bertz CT molecular complexity index is 1080. The summed E-state index contributed by atoms with van der Waals surface area (Å²) in [6, 6.07) is 7.10. The number of amides is 2. The third kappa shape index (κ3) is 5.29. The van der Waals surface area contributed by atoms with E-state index in [1.165, 1.54) is 0 Å². The van der Waals surface area contributed by atoms with E-state index in [1.807, 2.05) is 12.1 Å². The first-order valence-electron chi connectivity index (χ1n) is 13.7. The van der Waals surface area contributed by atoms with Crippen LogP contribution in [0.1, 0.15) is 63.9 Å². The van der Waals surface area contributed by atoms with Gasteiger partial charge in [-0.15, -0.1) is 0 Å². The van der Waals surface area contributed by atoms with Gasteiger partial charge in [0.05, 0.1) is 24.5 Å². The minimum atomic E-state index is -0.964. The highest BCUT2D eigenvalue weighted by Gasteiger charge is 2.58. The molecule has 4 atom stereocenters. The number of imide groups is 1. The fraction of sp³-hybridized carbons (Fsp3) is 0.586. The number of phenols is 1. The number of ether oxygens (including phenoxy) is 1. The molecule has 4 aliphatic rings. The third-order valence-electron chi connectivity index (χ3n) is 8.71. The molecule has 5 rings (SSSR count). The van der Waals surface area contributed by atoms with Gasteiger partial charge in [0.25, 0.3) is 0 Å². The van der Waals surface area contributed by atoms with Crippen LogP contribution < -0.4 is 0 Å². The monoisotopic (exact) mass is 507 g/mol. The number of aromatic hydroxyl groups is 1. The van der Waals surface area contributed by atoms with Crippen molar-refractivity contribution in [1.82, 2.24) is 4.90 Å². The molecule has 2 aliphatic heterocycles. The summed E-state index contributed by atoms with van der Waals surface area (Å²) in [5.74, 6) is -0.822. The second-order valence-electron chi connectivity index (χ2n) is 11.2. The maximum atomic E-state index is 13.8. The average Bonchev–Trinajstić information content (AvgIpc) is 3.14. The zero-order valence-electron chi connectivity index (χ0n) is 21.9. The van der Waals surface area contributed by atoms with Gasteiger partial charge >= 0.3 is 7.12 Å². The van der Waals surface area contributed by atoms with Crippen LogP contribution in [0, 0.1) is 17.8 Å². The summed E-state index contributed by atoms with van der Waals surface area (Å²) in [4.78, 5) is 28.9. The highest BCUT2D eigenvalue weighted by molar-refractivity contribution is 6.43. The summed E-state index contributed by atoms with van der Waals surface area (Å²) in [7, 11) is 0.692. The van der Waals surface area contributed by atoms with Crippen LogP contribution in [-0.4, -0.2) is 59.8 Å². The van der Waals surface area contributed by atoms with Crippen molar-refractivity contribution in [3.63, 3.8) is 0 Å². The second-order valence-corrected chi connectivity index (χ2v) is 11.2. The molecule has 2 aliphatic carbocycles.